The number of rotatable bonds is 5. The van der Waals surface area contributed by atoms with Crippen LogP contribution in [0.5, 0.6) is 0 Å². The fraction of sp³-hybridized carbons (Fsp3) is 0.500. The van der Waals surface area contributed by atoms with Gasteiger partial charge in [0, 0.05) is 10.6 Å². The van der Waals surface area contributed by atoms with Crippen LogP contribution < -0.4 is 0 Å². The lowest BCUT2D eigenvalue weighted by Gasteiger charge is -2.26. The van der Waals surface area contributed by atoms with E-state index in [9.17, 15) is 8.42 Å². The zero-order chi connectivity index (χ0) is 14.8. The van der Waals surface area contributed by atoms with Crippen molar-refractivity contribution in [3.05, 3.63) is 34.9 Å². The average Bonchev–Trinajstić information content (AvgIpc) is 2.81. The molecule has 5 nitrogen and oxygen atoms in total. The molecule has 0 bridgehead atoms. The Hall–Kier alpha value is -0.370. The monoisotopic (exact) mass is 340 g/mol. The van der Waals surface area contributed by atoms with Gasteiger partial charge >= 0.3 is 0 Å². The Kier molecular flexibility index (Phi) is 4.94. The quantitative estimate of drug-likeness (QED) is 0.606. The van der Waals surface area contributed by atoms with E-state index < -0.39 is 22.0 Å². The van der Waals surface area contributed by atoms with Gasteiger partial charge in [-0.3, -0.25) is 4.18 Å². The summed E-state index contributed by atoms with van der Waals surface area (Å²) < 4.78 is 38.0. The van der Waals surface area contributed by atoms with Gasteiger partial charge in [0.05, 0.1) is 25.3 Å². The van der Waals surface area contributed by atoms with Crippen LogP contribution in [-0.2, 0) is 29.6 Å². The molecule has 1 saturated heterocycles. The van der Waals surface area contributed by atoms with E-state index in [-0.39, 0.29) is 19.1 Å². The molecule has 0 N–H and O–H groups in total. The Labute approximate surface area is 127 Å². The molecule has 2 rings (SSSR count). The van der Waals surface area contributed by atoms with Crippen molar-refractivity contribution in [3.8, 4) is 0 Å². The van der Waals surface area contributed by atoms with E-state index in [4.69, 9.17) is 36.9 Å². The van der Waals surface area contributed by atoms with Gasteiger partial charge in [-0.2, -0.15) is 8.42 Å². The summed E-state index contributed by atoms with van der Waals surface area (Å²) in [4.78, 5) is 0. The molecule has 20 heavy (non-hydrogen) atoms. The highest BCUT2D eigenvalue weighted by Crippen LogP contribution is 2.36. The Bertz CT molecular complexity index is 560. The lowest BCUT2D eigenvalue weighted by atomic mass is 10.1. The Morgan fingerprint density at radius 3 is 2.60 bits per heavy atom. The summed E-state index contributed by atoms with van der Waals surface area (Å²) in [5, 5.41) is 0.591. The van der Waals surface area contributed by atoms with Gasteiger partial charge in [-0.05, 0) is 12.1 Å². The highest BCUT2D eigenvalue weighted by molar-refractivity contribution is 7.85. The lowest BCUT2D eigenvalue weighted by Crippen LogP contribution is -2.31. The molecule has 1 heterocycles. The average molecular weight is 341 g/mol. The van der Waals surface area contributed by atoms with Gasteiger partial charge in [-0.1, -0.05) is 23.7 Å². The molecule has 1 aliphatic rings. The van der Waals surface area contributed by atoms with Crippen LogP contribution in [0.2, 0.25) is 5.02 Å². The van der Waals surface area contributed by atoms with Gasteiger partial charge < -0.3 is 9.47 Å². The first-order valence-electron chi connectivity index (χ1n) is 5.83. The van der Waals surface area contributed by atoms with E-state index in [0.29, 0.717) is 5.02 Å². The van der Waals surface area contributed by atoms with E-state index in [1.54, 1.807) is 24.3 Å². The minimum atomic E-state index is -3.51. The molecule has 1 aromatic rings. The summed E-state index contributed by atoms with van der Waals surface area (Å²) in [5.41, 5.74) is 0.721. The molecule has 0 aliphatic carbocycles. The molecular formula is C12H14Cl2O5S. The number of hydrogen-bond donors (Lipinski definition) is 0. The Balaban J connectivity index is 2.09. The molecule has 0 saturated carbocycles. The number of alkyl halides is 1. The number of hydrogen-bond acceptors (Lipinski definition) is 5. The van der Waals surface area contributed by atoms with Crippen molar-refractivity contribution >= 4 is 33.3 Å². The second kappa shape index (κ2) is 6.17. The molecule has 0 spiro atoms. The first-order valence-corrected chi connectivity index (χ1v) is 8.56. The first-order chi connectivity index (χ1) is 9.35. The lowest BCUT2D eigenvalue weighted by molar-refractivity contribution is -0.161. The second-order valence-corrected chi connectivity index (χ2v) is 6.78. The van der Waals surface area contributed by atoms with Crippen LogP contribution in [0.3, 0.4) is 0 Å². The van der Waals surface area contributed by atoms with Crippen LogP contribution in [0, 0.1) is 0 Å². The minimum absolute atomic E-state index is 0.0734. The summed E-state index contributed by atoms with van der Waals surface area (Å²) >= 11 is 11.8. The van der Waals surface area contributed by atoms with Gasteiger partial charge in [0.25, 0.3) is 10.1 Å². The SMILES string of the molecule is CS(=O)(=O)OCC1COC(CCl)(c2ccc(Cl)cc2)O1. The zero-order valence-corrected chi connectivity index (χ0v) is 13.0. The molecule has 1 aromatic carbocycles. The molecule has 8 heteroatoms. The van der Waals surface area contributed by atoms with E-state index in [2.05, 4.69) is 0 Å². The summed E-state index contributed by atoms with van der Waals surface area (Å²) in [5.74, 6) is -1.03. The zero-order valence-electron chi connectivity index (χ0n) is 10.7. The third-order valence-corrected chi connectivity index (χ3v) is 3.96. The van der Waals surface area contributed by atoms with Gasteiger partial charge in [-0.25, -0.2) is 0 Å². The summed E-state index contributed by atoms with van der Waals surface area (Å²) in [6.45, 7) is 0.0932. The fourth-order valence-electron chi connectivity index (χ4n) is 1.85. The molecule has 112 valence electrons. The maximum atomic E-state index is 11.0. The molecule has 1 fully saturated rings. The standard InChI is InChI=1S/C12H14Cl2O5S/c1-20(15,16)18-7-11-6-17-12(8-13,19-11)9-2-4-10(14)5-3-9/h2-5,11H,6-8H2,1H3. The maximum absolute atomic E-state index is 11.0. The van der Waals surface area contributed by atoms with Crippen molar-refractivity contribution in [2.24, 2.45) is 0 Å². The van der Waals surface area contributed by atoms with Gasteiger partial charge in [0.2, 0.25) is 5.79 Å². The highest BCUT2D eigenvalue weighted by Gasteiger charge is 2.43. The van der Waals surface area contributed by atoms with E-state index in [0.717, 1.165) is 11.8 Å². The predicted molar refractivity (Wildman–Crippen MR) is 75.5 cm³/mol. The minimum Gasteiger partial charge on any atom is -0.342 e. The molecule has 0 radical (unpaired) electrons. The maximum Gasteiger partial charge on any atom is 0.264 e. The van der Waals surface area contributed by atoms with E-state index in [1.807, 2.05) is 0 Å². The van der Waals surface area contributed by atoms with Crippen molar-refractivity contribution in [1.82, 2.24) is 0 Å². The molecule has 1 aliphatic heterocycles. The summed E-state index contributed by atoms with van der Waals surface area (Å²) in [6.07, 6.45) is 0.482. The number of halogens is 2. The van der Waals surface area contributed by atoms with Crippen LogP contribution >= 0.6 is 23.2 Å². The number of benzene rings is 1. The topological polar surface area (TPSA) is 61.8 Å². The number of ether oxygens (including phenoxy) is 2. The fourth-order valence-corrected chi connectivity index (χ4v) is 2.67. The smallest absolute Gasteiger partial charge is 0.264 e. The van der Waals surface area contributed by atoms with Crippen LogP contribution in [-0.4, -0.2) is 39.9 Å². The van der Waals surface area contributed by atoms with Crippen molar-refractivity contribution < 1.29 is 22.1 Å². The van der Waals surface area contributed by atoms with Gasteiger partial charge in [0.1, 0.15) is 6.10 Å². The van der Waals surface area contributed by atoms with E-state index >= 15 is 0 Å². The molecule has 0 amide bonds. The second-order valence-electron chi connectivity index (χ2n) is 4.43. The van der Waals surface area contributed by atoms with Gasteiger partial charge in [-0.15, -0.1) is 11.6 Å². The molecular weight excluding hydrogens is 327 g/mol. The molecule has 2 atom stereocenters. The van der Waals surface area contributed by atoms with Crippen molar-refractivity contribution in [2.75, 3.05) is 25.3 Å². The molecule has 0 aromatic heterocycles. The van der Waals surface area contributed by atoms with Crippen molar-refractivity contribution in [2.45, 2.75) is 11.9 Å². The van der Waals surface area contributed by atoms with Crippen LogP contribution in [0.15, 0.2) is 24.3 Å². The van der Waals surface area contributed by atoms with Crippen LogP contribution in [0.1, 0.15) is 5.56 Å². The van der Waals surface area contributed by atoms with Crippen molar-refractivity contribution in [1.29, 1.82) is 0 Å². The van der Waals surface area contributed by atoms with Crippen LogP contribution in [0.4, 0.5) is 0 Å². The largest absolute Gasteiger partial charge is 0.342 e. The normalized spacial score (nSPS) is 26.9. The van der Waals surface area contributed by atoms with Crippen LogP contribution in [0.25, 0.3) is 0 Å². The highest BCUT2D eigenvalue weighted by atomic mass is 35.5. The first kappa shape index (κ1) is 16.0. The predicted octanol–water partition coefficient (Wildman–Crippen LogP) is 2.12. The third kappa shape index (κ3) is 3.84. The Morgan fingerprint density at radius 1 is 1.40 bits per heavy atom. The molecule has 2 unspecified atom stereocenters. The Morgan fingerprint density at radius 2 is 2.05 bits per heavy atom. The van der Waals surface area contributed by atoms with Crippen molar-refractivity contribution in [3.63, 3.8) is 0 Å². The summed E-state index contributed by atoms with van der Waals surface area (Å²) in [7, 11) is -3.51. The van der Waals surface area contributed by atoms with Gasteiger partial charge in [0.15, 0.2) is 0 Å². The third-order valence-electron chi connectivity index (χ3n) is 2.79. The summed E-state index contributed by atoms with van der Waals surface area (Å²) in [6, 6.07) is 6.92. The van der Waals surface area contributed by atoms with E-state index in [1.165, 1.54) is 0 Å².